The summed E-state index contributed by atoms with van der Waals surface area (Å²) in [6, 6.07) is 14.8. The van der Waals surface area contributed by atoms with Crippen molar-refractivity contribution < 1.29 is 17.9 Å². The van der Waals surface area contributed by atoms with Crippen LogP contribution in [-0.2, 0) is 9.84 Å². The number of rotatable bonds is 10. The Morgan fingerprint density at radius 2 is 1.82 bits per heavy atom. The van der Waals surface area contributed by atoms with E-state index < -0.39 is 9.84 Å². The van der Waals surface area contributed by atoms with Gasteiger partial charge in [0.05, 0.1) is 18.6 Å². The molecular weight excluding hydrogens is 374 g/mol. The molecule has 0 N–H and O–H groups in total. The second kappa shape index (κ2) is 10.5. The van der Waals surface area contributed by atoms with Crippen LogP contribution in [0.4, 0.5) is 0 Å². The Hall–Kier alpha value is -2.78. The first-order valence-corrected chi connectivity index (χ1v) is 10.7. The van der Waals surface area contributed by atoms with Crippen molar-refractivity contribution in [2.75, 3.05) is 13.7 Å². The minimum atomic E-state index is -3.87. The van der Waals surface area contributed by atoms with Crippen molar-refractivity contribution in [1.29, 1.82) is 5.26 Å². The van der Waals surface area contributed by atoms with Crippen LogP contribution < -0.4 is 9.47 Å². The maximum absolute atomic E-state index is 12.7. The standard InChI is InChI=1S/C22H25NO4S/c1-3-4-5-9-14-27-21-13-12-18(16-22(21)26-2)15-20(17-23)28(24,25)19-10-7-6-8-11-19/h6-8,10-13,15-16H,3-5,9,14H2,1-2H3. The number of sulfone groups is 1. The van der Waals surface area contributed by atoms with E-state index in [4.69, 9.17) is 9.47 Å². The summed E-state index contributed by atoms with van der Waals surface area (Å²) in [7, 11) is -2.35. The van der Waals surface area contributed by atoms with Gasteiger partial charge in [-0.1, -0.05) is 50.5 Å². The fourth-order valence-corrected chi connectivity index (χ4v) is 3.83. The van der Waals surface area contributed by atoms with Crippen molar-refractivity contribution in [2.45, 2.75) is 37.5 Å². The fraction of sp³-hybridized carbons (Fsp3) is 0.318. The topological polar surface area (TPSA) is 76.4 Å². The molecule has 5 nitrogen and oxygen atoms in total. The highest BCUT2D eigenvalue weighted by atomic mass is 32.2. The van der Waals surface area contributed by atoms with Crippen LogP contribution in [0.3, 0.4) is 0 Å². The van der Waals surface area contributed by atoms with Gasteiger partial charge in [-0.3, -0.25) is 0 Å². The molecule has 0 unspecified atom stereocenters. The minimum Gasteiger partial charge on any atom is -0.493 e. The summed E-state index contributed by atoms with van der Waals surface area (Å²) < 4.78 is 36.5. The second-order valence-corrected chi connectivity index (χ2v) is 8.17. The molecule has 0 aromatic heterocycles. The van der Waals surface area contributed by atoms with Gasteiger partial charge in [-0.15, -0.1) is 0 Å². The van der Waals surface area contributed by atoms with E-state index in [0.717, 1.165) is 19.3 Å². The molecule has 0 aliphatic rings. The van der Waals surface area contributed by atoms with Crippen molar-refractivity contribution in [3.8, 4) is 17.6 Å². The quantitative estimate of drug-likeness (QED) is 0.415. The summed E-state index contributed by atoms with van der Waals surface area (Å²) in [6.45, 7) is 2.75. The molecule has 0 aliphatic carbocycles. The van der Waals surface area contributed by atoms with Crippen LogP contribution in [-0.4, -0.2) is 22.1 Å². The van der Waals surface area contributed by atoms with Crippen LogP contribution in [0.5, 0.6) is 11.5 Å². The van der Waals surface area contributed by atoms with Crippen LogP contribution >= 0.6 is 0 Å². The maximum Gasteiger partial charge on any atom is 0.216 e. The maximum atomic E-state index is 12.7. The van der Waals surface area contributed by atoms with Gasteiger partial charge in [0.15, 0.2) is 11.5 Å². The average molecular weight is 400 g/mol. The SMILES string of the molecule is CCCCCCOc1ccc(C=C(C#N)S(=O)(=O)c2ccccc2)cc1OC. The Balaban J connectivity index is 2.23. The summed E-state index contributed by atoms with van der Waals surface area (Å²) in [5.41, 5.74) is 0.547. The average Bonchev–Trinajstić information content (AvgIpc) is 2.72. The molecule has 6 heteroatoms. The fourth-order valence-electron chi connectivity index (χ4n) is 2.65. The zero-order valence-electron chi connectivity index (χ0n) is 16.2. The van der Waals surface area contributed by atoms with Crippen LogP contribution in [0.15, 0.2) is 58.3 Å². The largest absolute Gasteiger partial charge is 0.493 e. The van der Waals surface area contributed by atoms with Crippen LogP contribution in [0.2, 0.25) is 0 Å². The van der Waals surface area contributed by atoms with E-state index in [1.165, 1.54) is 31.7 Å². The third kappa shape index (κ3) is 5.61. The number of nitrogens with zero attached hydrogens (tertiary/aromatic N) is 1. The van der Waals surface area contributed by atoms with Gasteiger partial charge in [-0.2, -0.15) is 5.26 Å². The van der Waals surface area contributed by atoms with Crippen LogP contribution in [0.1, 0.15) is 38.2 Å². The zero-order valence-corrected chi connectivity index (χ0v) is 17.0. The van der Waals surface area contributed by atoms with Crippen molar-refractivity contribution >= 4 is 15.9 Å². The summed E-state index contributed by atoms with van der Waals surface area (Å²) in [5.74, 6) is 1.10. The molecule has 0 heterocycles. The van der Waals surface area contributed by atoms with E-state index >= 15 is 0 Å². The summed E-state index contributed by atoms with van der Waals surface area (Å²) in [4.78, 5) is -0.240. The van der Waals surface area contributed by atoms with Crippen molar-refractivity contribution in [3.05, 3.63) is 59.0 Å². The Labute approximate surface area is 167 Å². The first-order valence-electron chi connectivity index (χ1n) is 9.25. The molecule has 28 heavy (non-hydrogen) atoms. The number of methoxy groups -OCH3 is 1. The first kappa shape index (κ1) is 21.5. The molecule has 0 spiro atoms. The summed E-state index contributed by atoms with van der Waals surface area (Å²) >= 11 is 0. The van der Waals surface area contributed by atoms with Crippen molar-refractivity contribution in [2.24, 2.45) is 0 Å². The van der Waals surface area contributed by atoms with E-state index in [9.17, 15) is 13.7 Å². The monoisotopic (exact) mass is 399 g/mol. The highest BCUT2D eigenvalue weighted by Gasteiger charge is 2.20. The molecule has 0 fully saturated rings. The van der Waals surface area contributed by atoms with Gasteiger partial charge in [0.25, 0.3) is 0 Å². The normalized spacial score (nSPS) is 11.7. The van der Waals surface area contributed by atoms with Crippen molar-refractivity contribution in [1.82, 2.24) is 0 Å². The van der Waals surface area contributed by atoms with E-state index in [1.807, 2.05) is 0 Å². The third-order valence-electron chi connectivity index (χ3n) is 4.19. The molecule has 0 aliphatic heterocycles. The molecule has 148 valence electrons. The van der Waals surface area contributed by atoms with Gasteiger partial charge < -0.3 is 9.47 Å². The Morgan fingerprint density at radius 1 is 1.07 bits per heavy atom. The Morgan fingerprint density at radius 3 is 2.46 bits per heavy atom. The van der Waals surface area contributed by atoms with Gasteiger partial charge in [0, 0.05) is 0 Å². The summed E-state index contributed by atoms with van der Waals surface area (Å²) in [6.07, 6.45) is 5.76. The van der Waals surface area contributed by atoms with Gasteiger partial charge in [0.2, 0.25) is 9.84 Å². The highest BCUT2D eigenvalue weighted by Crippen LogP contribution is 2.30. The zero-order chi connectivity index (χ0) is 20.4. The number of benzene rings is 2. The predicted octanol–water partition coefficient (Wildman–Crippen LogP) is 4.99. The number of ether oxygens (including phenoxy) is 2. The van der Waals surface area contributed by atoms with E-state index in [-0.39, 0.29) is 9.80 Å². The molecule has 2 aromatic rings. The van der Waals surface area contributed by atoms with Crippen LogP contribution in [0.25, 0.3) is 6.08 Å². The third-order valence-corrected chi connectivity index (χ3v) is 5.88. The number of hydrogen-bond acceptors (Lipinski definition) is 5. The lowest BCUT2D eigenvalue weighted by Gasteiger charge is -2.11. The number of hydrogen-bond donors (Lipinski definition) is 0. The molecule has 0 saturated carbocycles. The number of unbranched alkanes of at least 4 members (excludes halogenated alkanes) is 3. The molecule has 2 aromatic carbocycles. The molecule has 0 bridgehead atoms. The van der Waals surface area contributed by atoms with E-state index in [2.05, 4.69) is 6.92 Å². The van der Waals surface area contributed by atoms with Crippen molar-refractivity contribution in [3.63, 3.8) is 0 Å². The lowest BCUT2D eigenvalue weighted by atomic mass is 10.2. The highest BCUT2D eigenvalue weighted by molar-refractivity contribution is 7.95. The lowest BCUT2D eigenvalue weighted by Crippen LogP contribution is -2.03. The van der Waals surface area contributed by atoms with E-state index in [0.29, 0.717) is 23.7 Å². The second-order valence-electron chi connectivity index (χ2n) is 6.26. The van der Waals surface area contributed by atoms with Gasteiger partial charge in [-0.05, 0) is 42.3 Å². The molecular formula is C22H25NO4S. The summed E-state index contributed by atoms with van der Waals surface area (Å²) in [5, 5.41) is 9.40. The van der Waals surface area contributed by atoms with Gasteiger partial charge >= 0.3 is 0 Å². The van der Waals surface area contributed by atoms with E-state index in [1.54, 1.807) is 42.5 Å². The van der Waals surface area contributed by atoms with Gasteiger partial charge in [-0.25, -0.2) is 8.42 Å². The van der Waals surface area contributed by atoms with Crippen LogP contribution in [0, 0.1) is 11.3 Å². The molecule has 0 saturated heterocycles. The predicted molar refractivity (Wildman–Crippen MR) is 110 cm³/mol. The number of nitriles is 1. The molecule has 0 radical (unpaired) electrons. The Bertz CT molecular complexity index is 944. The van der Waals surface area contributed by atoms with Gasteiger partial charge in [0.1, 0.15) is 11.0 Å². The first-order chi connectivity index (χ1) is 13.5. The lowest BCUT2D eigenvalue weighted by molar-refractivity contribution is 0.285. The minimum absolute atomic E-state index is 0.0850. The molecule has 0 atom stereocenters. The Kier molecular flexibility index (Phi) is 8.09. The molecule has 0 amide bonds. The molecule has 2 rings (SSSR count). The smallest absolute Gasteiger partial charge is 0.216 e. The number of allylic oxidation sites excluding steroid dienone is 1.